The summed E-state index contributed by atoms with van der Waals surface area (Å²) in [5.41, 5.74) is 1.36. The van der Waals surface area contributed by atoms with Crippen molar-refractivity contribution >= 4 is 34.2 Å². The van der Waals surface area contributed by atoms with Crippen LogP contribution < -0.4 is 15.0 Å². The van der Waals surface area contributed by atoms with Gasteiger partial charge < -0.3 is 20.1 Å². The minimum absolute atomic E-state index is 0.0999. The van der Waals surface area contributed by atoms with Gasteiger partial charge in [-0.25, -0.2) is 4.98 Å². The molecular formula is C22H18F3N5O4. The van der Waals surface area contributed by atoms with Crippen molar-refractivity contribution in [2.75, 3.05) is 18.5 Å². The molecule has 0 unspecified atom stereocenters. The van der Waals surface area contributed by atoms with Crippen molar-refractivity contribution in [3.8, 4) is 5.75 Å². The molecule has 1 amide bonds. The van der Waals surface area contributed by atoms with Gasteiger partial charge in [0.1, 0.15) is 12.3 Å². The number of carboxylic acid groups (broad SMARTS) is 1. The summed E-state index contributed by atoms with van der Waals surface area (Å²) in [4.78, 5) is 29.7. The normalized spacial score (nSPS) is 11.5. The third kappa shape index (κ3) is 4.85. The second kappa shape index (κ2) is 8.89. The number of benzene rings is 2. The molecule has 0 aliphatic rings. The van der Waals surface area contributed by atoms with Gasteiger partial charge in [0, 0.05) is 12.4 Å². The lowest BCUT2D eigenvalue weighted by Crippen LogP contribution is -2.28. The number of rotatable bonds is 7. The lowest BCUT2D eigenvalue weighted by atomic mass is 10.2. The fourth-order valence-electron chi connectivity index (χ4n) is 3.46. The molecule has 0 bridgehead atoms. The molecule has 0 spiro atoms. The van der Waals surface area contributed by atoms with E-state index in [1.165, 1.54) is 27.6 Å². The standard InChI is InChI=1S/C22H18F3N5O4/c1-29(12-19(31)32)21-27-16-8-4-2-6-14(16)17-10-13(28-30(17)21)11-26-20(33)15-7-3-5-9-18(15)34-22(23,24)25/h2-10H,11-12H2,1H3,(H,26,33)(H,31,32). The SMILES string of the molecule is CN(CC(=O)O)c1nc2ccccc2c2cc(CNC(=O)c3ccccc3OC(F)(F)F)nn12. The van der Waals surface area contributed by atoms with Gasteiger partial charge >= 0.3 is 12.3 Å². The summed E-state index contributed by atoms with van der Waals surface area (Å²) in [7, 11) is 1.56. The number of nitrogens with one attached hydrogen (secondary N) is 1. The van der Waals surface area contributed by atoms with E-state index in [2.05, 4.69) is 20.1 Å². The number of carbonyl (C=O) groups is 2. The smallest absolute Gasteiger partial charge is 0.480 e. The molecule has 0 fully saturated rings. The van der Waals surface area contributed by atoms with E-state index in [0.717, 1.165) is 11.5 Å². The van der Waals surface area contributed by atoms with Crippen molar-refractivity contribution in [1.29, 1.82) is 0 Å². The Morgan fingerprint density at radius 1 is 1.15 bits per heavy atom. The Kier molecular flexibility index (Phi) is 5.97. The van der Waals surface area contributed by atoms with E-state index in [1.807, 2.05) is 12.1 Å². The number of amides is 1. The van der Waals surface area contributed by atoms with Crippen LogP contribution in [0.25, 0.3) is 16.4 Å². The molecule has 34 heavy (non-hydrogen) atoms. The number of hydrogen-bond donors (Lipinski definition) is 2. The first-order valence-electron chi connectivity index (χ1n) is 9.95. The Hall–Kier alpha value is -4.35. The number of alkyl halides is 3. The molecule has 4 rings (SSSR count). The Bertz CT molecular complexity index is 1390. The number of ether oxygens (including phenoxy) is 1. The molecule has 0 atom stereocenters. The number of para-hydroxylation sites is 2. The summed E-state index contributed by atoms with van der Waals surface area (Å²) in [5.74, 6) is -2.17. The number of aromatic nitrogens is 3. The molecule has 0 aliphatic heterocycles. The van der Waals surface area contributed by atoms with Crippen LogP contribution in [0.2, 0.25) is 0 Å². The van der Waals surface area contributed by atoms with Crippen LogP contribution in [0, 0.1) is 0 Å². The number of likely N-dealkylation sites (N-methyl/N-ethyl adjacent to an activating group) is 1. The fourth-order valence-corrected chi connectivity index (χ4v) is 3.46. The van der Waals surface area contributed by atoms with E-state index in [4.69, 9.17) is 5.11 Å². The van der Waals surface area contributed by atoms with Gasteiger partial charge in [0.15, 0.2) is 0 Å². The van der Waals surface area contributed by atoms with E-state index in [0.29, 0.717) is 16.7 Å². The van der Waals surface area contributed by atoms with E-state index >= 15 is 0 Å². The minimum atomic E-state index is -4.94. The summed E-state index contributed by atoms with van der Waals surface area (Å²) in [6, 6.07) is 13.9. The maximum atomic E-state index is 12.7. The van der Waals surface area contributed by atoms with Crippen molar-refractivity contribution in [2.45, 2.75) is 12.9 Å². The Labute approximate surface area is 190 Å². The maximum Gasteiger partial charge on any atom is 0.573 e. The zero-order valence-electron chi connectivity index (χ0n) is 17.7. The third-order valence-electron chi connectivity index (χ3n) is 4.85. The van der Waals surface area contributed by atoms with Gasteiger partial charge in [-0.3, -0.25) is 9.59 Å². The highest BCUT2D eigenvalue weighted by molar-refractivity contribution is 5.97. The number of fused-ring (bicyclic) bond motifs is 3. The van der Waals surface area contributed by atoms with E-state index in [1.54, 1.807) is 25.2 Å². The van der Waals surface area contributed by atoms with Gasteiger partial charge in [0.05, 0.1) is 28.8 Å². The van der Waals surface area contributed by atoms with Crippen molar-refractivity contribution in [3.63, 3.8) is 0 Å². The Morgan fingerprint density at radius 3 is 2.59 bits per heavy atom. The number of carbonyl (C=O) groups excluding carboxylic acids is 1. The van der Waals surface area contributed by atoms with Crippen LogP contribution in [0.5, 0.6) is 5.75 Å². The summed E-state index contributed by atoms with van der Waals surface area (Å²) in [6.07, 6.45) is -4.94. The average molecular weight is 473 g/mol. The quantitative estimate of drug-likeness (QED) is 0.424. The van der Waals surface area contributed by atoms with E-state index in [9.17, 15) is 22.8 Å². The molecule has 2 aromatic carbocycles. The molecule has 0 saturated carbocycles. The molecule has 12 heteroatoms. The van der Waals surface area contributed by atoms with E-state index < -0.39 is 24.0 Å². The third-order valence-corrected chi connectivity index (χ3v) is 4.85. The number of carboxylic acids is 1. The van der Waals surface area contributed by atoms with Crippen LogP contribution in [0.3, 0.4) is 0 Å². The zero-order chi connectivity index (χ0) is 24.5. The Balaban J connectivity index is 1.64. The van der Waals surface area contributed by atoms with Gasteiger partial charge in [0.2, 0.25) is 5.95 Å². The fraction of sp³-hybridized carbons (Fsp3) is 0.182. The number of nitrogens with zero attached hydrogens (tertiary/aromatic N) is 4. The molecule has 2 heterocycles. The molecule has 2 aromatic heterocycles. The van der Waals surface area contributed by atoms with Crippen molar-refractivity contribution in [3.05, 3.63) is 65.9 Å². The van der Waals surface area contributed by atoms with Crippen molar-refractivity contribution in [2.24, 2.45) is 0 Å². The second-order valence-electron chi connectivity index (χ2n) is 7.34. The molecular weight excluding hydrogens is 455 g/mol. The van der Waals surface area contributed by atoms with Crippen LogP contribution >= 0.6 is 0 Å². The first-order valence-corrected chi connectivity index (χ1v) is 9.95. The molecule has 9 nitrogen and oxygen atoms in total. The summed E-state index contributed by atoms with van der Waals surface area (Å²) in [6.45, 7) is -0.417. The molecule has 2 N–H and O–H groups in total. The molecule has 0 radical (unpaired) electrons. The highest BCUT2D eigenvalue weighted by atomic mass is 19.4. The van der Waals surface area contributed by atoms with Crippen LogP contribution in [0.15, 0.2) is 54.6 Å². The largest absolute Gasteiger partial charge is 0.573 e. The lowest BCUT2D eigenvalue weighted by Gasteiger charge is -2.17. The number of hydrogen-bond acceptors (Lipinski definition) is 6. The molecule has 4 aromatic rings. The van der Waals surface area contributed by atoms with Gasteiger partial charge in [0.25, 0.3) is 5.91 Å². The number of aliphatic carboxylic acids is 1. The molecule has 176 valence electrons. The maximum absolute atomic E-state index is 12.7. The lowest BCUT2D eigenvalue weighted by molar-refractivity contribution is -0.274. The molecule has 0 aliphatic carbocycles. The van der Waals surface area contributed by atoms with E-state index in [-0.39, 0.29) is 24.6 Å². The van der Waals surface area contributed by atoms with Crippen LogP contribution in [0.4, 0.5) is 19.1 Å². The van der Waals surface area contributed by atoms with Gasteiger partial charge in [-0.1, -0.05) is 30.3 Å². The monoisotopic (exact) mass is 473 g/mol. The predicted molar refractivity (Wildman–Crippen MR) is 116 cm³/mol. The van der Waals surface area contributed by atoms with Crippen LogP contribution in [-0.2, 0) is 11.3 Å². The highest BCUT2D eigenvalue weighted by Crippen LogP contribution is 2.27. The highest BCUT2D eigenvalue weighted by Gasteiger charge is 2.32. The zero-order valence-corrected chi connectivity index (χ0v) is 17.7. The van der Waals surface area contributed by atoms with Gasteiger partial charge in [-0.2, -0.15) is 9.61 Å². The predicted octanol–water partition coefficient (Wildman–Crippen LogP) is 3.23. The minimum Gasteiger partial charge on any atom is -0.480 e. The number of anilines is 1. The first-order chi connectivity index (χ1) is 16.1. The Morgan fingerprint density at radius 2 is 1.85 bits per heavy atom. The summed E-state index contributed by atoms with van der Waals surface area (Å²) in [5, 5.41) is 16.9. The van der Waals surface area contributed by atoms with Crippen LogP contribution in [-0.4, -0.2) is 51.5 Å². The first kappa shape index (κ1) is 22.8. The van der Waals surface area contributed by atoms with Gasteiger partial charge in [-0.05, 0) is 24.3 Å². The van der Waals surface area contributed by atoms with Crippen molar-refractivity contribution in [1.82, 2.24) is 19.9 Å². The molecule has 0 saturated heterocycles. The average Bonchev–Trinajstić information content (AvgIpc) is 3.20. The second-order valence-corrected chi connectivity index (χ2v) is 7.34. The number of halogens is 3. The van der Waals surface area contributed by atoms with Gasteiger partial charge in [-0.15, -0.1) is 13.2 Å². The van der Waals surface area contributed by atoms with Crippen molar-refractivity contribution < 1.29 is 32.6 Å². The summed E-state index contributed by atoms with van der Waals surface area (Å²) < 4.78 is 43.4. The van der Waals surface area contributed by atoms with Crippen LogP contribution in [0.1, 0.15) is 16.1 Å². The summed E-state index contributed by atoms with van der Waals surface area (Å²) >= 11 is 0. The topological polar surface area (TPSA) is 109 Å².